The van der Waals surface area contributed by atoms with E-state index in [1.54, 1.807) is 15.7 Å². The first-order valence-electron chi connectivity index (χ1n) is 7.52. The Bertz CT molecular complexity index is 377. The van der Waals surface area contributed by atoms with Crippen molar-refractivity contribution in [1.82, 2.24) is 8.61 Å². The van der Waals surface area contributed by atoms with Gasteiger partial charge in [0, 0.05) is 32.2 Å². The average Bonchev–Trinajstić information content (AvgIpc) is 2.67. The van der Waals surface area contributed by atoms with Gasteiger partial charge < -0.3 is 5.73 Å². The summed E-state index contributed by atoms with van der Waals surface area (Å²) in [7, 11) is -1.63. The predicted octanol–water partition coefficient (Wildman–Crippen LogP) is 1.31. The number of rotatable bonds is 3. The highest BCUT2D eigenvalue weighted by Crippen LogP contribution is 2.25. The third-order valence-electron chi connectivity index (χ3n) is 4.50. The van der Waals surface area contributed by atoms with Crippen LogP contribution in [0.4, 0.5) is 0 Å². The highest BCUT2D eigenvalue weighted by molar-refractivity contribution is 7.86. The number of nitrogens with zero attached hydrogens (tertiary/aromatic N) is 2. The zero-order valence-corrected chi connectivity index (χ0v) is 12.7. The van der Waals surface area contributed by atoms with E-state index in [1.807, 2.05) is 0 Å². The molecule has 1 aliphatic carbocycles. The van der Waals surface area contributed by atoms with Crippen LogP contribution in [-0.4, -0.2) is 49.2 Å². The summed E-state index contributed by atoms with van der Waals surface area (Å²) >= 11 is 0. The zero-order chi connectivity index (χ0) is 13.9. The fraction of sp³-hybridized carbons (Fsp3) is 1.00. The maximum absolute atomic E-state index is 12.7. The van der Waals surface area contributed by atoms with E-state index in [1.165, 1.54) is 0 Å². The largest absolute Gasteiger partial charge is 0.326 e. The van der Waals surface area contributed by atoms with E-state index in [9.17, 15) is 8.42 Å². The second kappa shape index (κ2) is 6.52. The summed E-state index contributed by atoms with van der Waals surface area (Å²) in [5, 5.41) is 0. The van der Waals surface area contributed by atoms with Crippen molar-refractivity contribution in [2.24, 2.45) is 5.73 Å². The summed E-state index contributed by atoms with van der Waals surface area (Å²) < 4.78 is 28.6. The molecule has 1 saturated heterocycles. The normalized spacial score (nSPS) is 31.3. The van der Waals surface area contributed by atoms with E-state index in [4.69, 9.17) is 5.73 Å². The minimum absolute atomic E-state index is 0.0134. The molecule has 0 bridgehead atoms. The molecular weight excluding hydrogens is 262 g/mol. The Morgan fingerprint density at radius 2 is 1.58 bits per heavy atom. The Morgan fingerprint density at radius 1 is 1.00 bits per heavy atom. The Balaban J connectivity index is 2.08. The van der Waals surface area contributed by atoms with Crippen molar-refractivity contribution in [3.63, 3.8) is 0 Å². The lowest BCUT2D eigenvalue weighted by Crippen LogP contribution is -2.54. The molecule has 2 rings (SSSR count). The number of likely N-dealkylation sites (N-methyl/N-ethyl adjacent to an activating group) is 1. The van der Waals surface area contributed by atoms with E-state index in [-0.39, 0.29) is 12.1 Å². The molecule has 2 fully saturated rings. The van der Waals surface area contributed by atoms with Gasteiger partial charge in [-0.2, -0.15) is 17.0 Å². The van der Waals surface area contributed by atoms with E-state index >= 15 is 0 Å². The summed E-state index contributed by atoms with van der Waals surface area (Å²) in [6.07, 6.45) is 8.26. The molecule has 112 valence electrons. The van der Waals surface area contributed by atoms with Crippen LogP contribution in [0.2, 0.25) is 0 Å². The van der Waals surface area contributed by atoms with Crippen molar-refractivity contribution < 1.29 is 8.42 Å². The standard InChI is InChI=1S/C13H27N3O2S/c1-15(13-9-5-4-8-12(13)14)19(17,18)16-10-6-2-3-7-11-16/h12-13H,2-11,14H2,1H3. The van der Waals surface area contributed by atoms with Crippen molar-refractivity contribution in [2.75, 3.05) is 20.1 Å². The molecule has 1 aliphatic heterocycles. The van der Waals surface area contributed by atoms with Gasteiger partial charge in [0.25, 0.3) is 10.2 Å². The SMILES string of the molecule is CN(C1CCCCC1N)S(=O)(=O)N1CCCCCC1. The van der Waals surface area contributed by atoms with E-state index < -0.39 is 10.2 Å². The van der Waals surface area contributed by atoms with Crippen molar-refractivity contribution in [3.05, 3.63) is 0 Å². The number of hydrogen-bond acceptors (Lipinski definition) is 3. The molecule has 6 heteroatoms. The van der Waals surface area contributed by atoms with Crippen LogP contribution in [0.25, 0.3) is 0 Å². The number of hydrogen-bond donors (Lipinski definition) is 1. The third kappa shape index (κ3) is 3.48. The van der Waals surface area contributed by atoms with Gasteiger partial charge in [-0.1, -0.05) is 25.7 Å². The predicted molar refractivity (Wildman–Crippen MR) is 77.0 cm³/mol. The van der Waals surface area contributed by atoms with Crippen LogP contribution in [0, 0.1) is 0 Å². The van der Waals surface area contributed by atoms with Gasteiger partial charge in [-0.05, 0) is 25.7 Å². The quantitative estimate of drug-likeness (QED) is 0.852. The van der Waals surface area contributed by atoms with Gasteiger partial charge in [0.15, 0.2) is 0 Å². The Hall–Kier alpha value is -0.170. The van der Waals surface area contributed by atoms with Crippen LogP contribution < -0.4 is 5.73 Å². The maximum Gasteiger partial charge on any atom is 0.282 e. The minimum atomic E-state index is -3.33. The van der Waals surface area contributed by atoms with Crippen molar-refractivity contribution in [1.29, 1.82) is 0 Å². The minimum Gasteiger partial charge on any atom is -0.326 e. The molecule has 1 heterocycles. The van der Waals surface area contributed by atoms with Gasteiger partial charge in [-0.3, -0.25) is 0 Å². The van der Waals surface area contributed by atoms with E-state index in [2.05, 4.69) is 0 Å². The summed E-state index contributed by atoms with van der Waals surface area (Å²) in [4.78, 5) is 0. The lowest BCUT2D eigenvalue weighted by molar-refractivity contribution is 0.236. The van der Waals surface area contributed by atoms with Gasteiger partial charge in [0.1, 0.15) is 0 Å². The molecule has 0 aromatic carbocycles. The van der Waals surface area contributed by atoms with Crippen molar-refractivity contribution in [3.8, 4) is 0 Å². The third-order valence-corrected chi connectivity index (χ3v) is 6.52. The molecule has 2 atom stereocenters. The van der Waals surface area contributed by atoms with E-state index in [0.29, 0.717) is 13.1 Å². The molecule has 0 aromatic rings. The van der Waals surface area contributed by atoms with Gasteiger partial charge >= 0.3 is 0 Å². The molecule has 0 aromatic heterocycles. The van der Waals surface area contributed by atoms with Crippen molar-refractivity contribution in [2.45, 2.75) is 63.5 Å². The molecule has 19 heavy (non-hydrogen) atoms. The molecule has 2 N–H and O–H groups in total. The molecule has 0 spiro atoms. The maximum atomic E-state index is 12.7. The fourth-order valence-electron chi connectivity index (χ4n) is 3.22. The summed E-state index contributed by atoms with van der Waals surface area (Å²) in [6, 6.07) is -0.0393. The van der Waals surface area contributed by atoms with E-state index in [0.717, 1.165) is 51.4 Å². The van der Waals surface area contributed by atoms with Crippen LogP contribution >= 0.6 is 0 Å². The first-order chi connectivity index (χ1) is 9.03. The first-order valence-corrected chi connectivity index (χ1v) is 8.92. The Kier molecular flexibility index (Phi) is 5.22. The van der Waals surface area contributed by atoms with Gasteiger partial charge in [-0.25, -0.2) is 0 Å². The highest BCUT2D eigenvalue weighted by Gasteiger charge is 2.35. The summed E-state index contributed by atoms with van der Waals surface area (Å²) in [6.45, 7) is 1.32. The lowest BCUT2D eigenvalue weighted by atomic mass is 9.91. The second-order valence-electron chi connectivity index (χ2n) is 5.85. The Labute approximate surface area is 117 Å². The van der Waals surface area contributed by atoms with Crippen LogP contribution in [0.1, 0.15) is 51.4 Å². The molecule has 1 saturated carbocycles. The number of nitrogens with two attached hydrogens (primary N) is 1. The average molecular weight is 289 g/mol. The Morgan fingerprint density at radius 3 is 2.16 bits per heavy atom. The lowest BCUT2D eigenvalue weighted by Gasteiger charge is -2.37. The van der Waals surface area contributed by atoms with Gasteiger partial charge in [-0.15, -0.1) is 0 Å². The molecule has 0 radical (unpaired) electrons. The summed E-state index contributed by atoms with van der Waals surface area (Å²) in [5.41, 5.74) is 6.11. The molecule has 2 unspecified atom stereocenters. The van der Waals surface area contributed by atoms with Crippen LogP contribution in [0.3, 0.4) is 0 Å². The van der Waals surface area contributed by atoms with Gasteiger partial charge in [0.2, 0.25) is 0 Å². The molecular formula is C13H27N3O2S. The van der Waals surface area contributed by atoms with Crippen LogP contribution in [0.15, 0.2) is 0 Å². The zero-order valence-electron chi connectivity index (χ0n) is 11.9. The first kappa shape index (κ1) is 15.2. The molecule has 0 amide bonds. The second-order valence-corrected chi connectivity index (χ2v) is 7.84. The van der Waals surface area contributed by atoms with Gasteiger partial charge in [0.05, 0.1) is 0 Å². The fourth-order valence-corrected chi connectivity index (χ4v) is 4.90. The monoisotopic (exact) mass is 289 g/mol. The molecule has 2 aliphatic rings. The topological polar surface area (TPSA) is 66.6 Å². The van der Waals surface area contributed by atoms with Crippen LogP contribution in [-0.2, 0) is 10.2 Å². The smallest absolute Gasteiger partial charge is 0.282 e. The molecule has 5 nitrogen and oxygen atoms in total. The highest BCUT2D eigenvalue weighted by atomic mass is 32.2. The van der Waals surface area contributed by atoms with Crippen LogP contribution in [0.5, 0.6) is 0 Å². The summed E-state index contributed by atoms with van der Waals surface area (Å²) in [5.74, 6) is 0. The van der Waals surface area contributed by atoms with Crippen molar-refractivity contribution >= 4 is 10.2 Å².